The first kappa shape index (κ1) is 14.2. The zero-order valence-corrected chi connectivity index (χ0v) is 11.2. The van der Waals surface area contributed by atoms with Gasteiger partial charge in [-0.2, -0.15) is 0 Å². The third kappa shape index (κ3) is 3.80. The zero-order valence-electron chi connectivity index (χ0n) is 11.2. The van der Waals surface area contributed by atoms with E-state index in [-0.39, 0.29) is 5.91 Å². The van der Waals surface area contributed by atoms with Crippen LogP contribution in [0.2, 0.25) is 0 Å². The van der Waals surface area contributed by atoms with Crippen molar-refractivity contribution in [1.29, 1.82) is 0 Å². The molecule has 1 saturated carbocycles. The molecule has 0 saturated heterocycles. The van der Waals surface area contributed by atoms with Crippen LogP contribution in [0.5, 0.6) is 0 Å². The molecule has 17 heavy (non-hydrogen) atoms. The Balaban J connectivity index is 2.51. The van der Waals surface area contributed by atoms with Gasteiger partial charge in [0.1, 0.15) is 0 Å². The maximum absolute atomic E-state index is 11.8. The highest BCUT2D eigenvalue weighted by molar-refractivity contribution is 5.92. The molecule has 1 N–H and O–H groups in total. The normalized spacial score (nSPS) is 18.1. The van der Waals surface area contributed by atoms with Gasteiger partial charge in [0.2, 0.25) is 12.3 Å². The summed E-state index contributed by atoms with van der Waals surface area (Å²) in [6.45, 7) is 4.64. The maximum Gasteiger partial charge on any atom is 0.246 e. The molecule has 0 atom stereocenters. The Hall–Kier alpha value is -0.900. The summed E-state index contributed by atoms with van der Waals surface area (Å²) in [6, 6.07) is 0. The van der Waals surface area contributed by atoms with Gasteiger partial charge in [-0.1, -0.05) is 19.3 Å². The number of nitrogens with zero attached hydrogens (tertiary/aromatic N) is 1. The highest BCUT2D eigenvalue weighted by Gasteiger charge is 2.33. The Morgan fingerprint density at radius 1 is 1.35 bits per heavy atom. The largest absolute Gasteiger partial charge is 0.297 e. The fourth-order valence-electron chi connectivity index (χ4n) is 2.39. The number of likely N-dealkylation sites (N-methyl/N-ethyl adjacent to an activating group) is 1. The lowest BCUT2D eigenvalue weighted by atomic mass is 9.88. The molecule has 1 rings (SSSR count). The van der Waals surface area contributed by atoms with Gasteiger partial charge in [0.05, 0.1) is 5.54 Å². The van der Waals surface area contributed by atoms with E-state index >= 15 is 0 Å². The van der Waals surface area contributed by atoms with E-state index in [1.54, 1.807) is 0 Å². The van der Waals surface area contributed by atoms with Crippen LogP contribution in [-0.2, 0) is 9.59 Å². The van der Waals surface area contributed by atoms with Crippen molar-refractivity contribution >= 4 is 12.3 Å². The summed E-state index contributed by atoms with van der Waals surface area (Å²) in [5.41, 5.74) is -0.627. The van der Waals surface area contributed by atoms with Gasteiger partial charge >= 0.3 is 0 Å². The Kier molecular flexibility index (Phi) is 5.12. The van der Waals surface area contributed by atoms with E-state index in [4.69, 9.17) is 0 Å². The number of imide groups is 1. The second kappa shape index (κ2) is 6.15. The van der Waals surface area contributed by atoms with Crippen molar-refractivity contribution < 1.29 is 9.59 Å². The fourth-order valence-corrected chi connectivity index (χ4v) is 2.39. The Morgan fingerprint density at radius 3 is 2.47 bits per heavy atom. The van der Waals surface area contributed by atoms with E-state index in [0.717, 1.165) is 6.54 Å². The molecule has 0 unspecified atom stereocenters. The molecule has 1 aliphatic rings. The molecule has 98 valence electrons. The molecule has 0 aromatic rings. The van der Waals surface area contributed by atoms with Gasteiger partial charge < -0.3 is 0 Å². The number of hydrogen-bond donors (Lipinski definition) is 1. The molecule has 0 aromatic heterocycles. The van der Waals surface area contributed by atoms with Crippen molar-refractivity contribution in [2.75, 3.05) is 13.6 Å². The van der Waals surface area contributed by atoms with Gasteiger partial charge in [-0.3, -0.25) is 19.8 Å². The lowest BCUT2D eigenvalue weighted by molar-refractivity contribution is -0.133. The van der Waals surface area contributed by atoms with Crippen LogP contribution in [0.15, 0.2) is 0 Å². The molecule has 2 amide bonds. The Morgan fingerprint density at radius 2 is 1.94 bits per heavy atom. The van der Waals surface area contributed by atoms with Gasteiger partial charge in [0.15, 0.2) is 0 Å². The monoisotopic (exact) mass is 240 g/mol. The lowest BCUT2D eigenvalue weighted by Crippen LogP contribution is -2.54. The summed E-state index contributed by atoms with van der Waals surface area (Å²) in [5, 5.41) is 2.24. The summed E-state index contributed by atoms with van der Waals surface area (Å²) in [7, 11) is 1.96. The lowest BCUT2D eigenvalue weighted by Gasteiger charge is -2.36. The minimum absolute atomic E-state index is 0.231. The van der Waals surface area contributed by atoms with Crippen molar-refractivity contribution in [3.8, 4) is 0 Å². The minimum Gasteiger partial charge on any atom is -0.297 e. The molecule has 0 aliphatic heterocycles. The van der Waals surface area contributed by atoms with E-state index in [1.807, 2.05) is 20.9 Å². The number of nitrogens with one attached hydrogen (secondary N) is 1. The highest BCUT2D eigenvalue weighted by Crippen LogP contribution is 2.26. The minimum atomic E-state index is -0.627. The summed E-state index contributed by atoms with van der Waals surface area (Å²) in [4.78, 5) is 24.1. The number of amides is 2. The van der Waals surface area contributed by atoms with Crippen LogP contribution in [0.3, 0.4) is 0 Å². The van der Waals surface area contributed by atoms with Gasteiger partial charge in [-0.25, -0.2) is 0 Å². The van der Waals surface area contributed by atoms with Crippen molar-refractivity contribution in [2.45, 2.75) is 51.5 Å². The average molecular weight is 240 g/mol. The summed E-state index contributed by atoms with van der Waals surface area (Å²) in [5.74, 6) is 0.461. The van der Waals surface area contributed by atoms with Crippen molar-refractivity contribution in [3.63, 3.8) is 0 Å². The first-order chi connectivity index (χ1) is 7.98. The zero-order chi connectivity index (χ0) is 12.9. The molecule has 4 nitrogen and oxygen atoms in total. The highest BCUT2D eigenvalue weighted by atomic mass is 16.2. The molecule has 1 fully saturated rings. The van der Waals surface area contributed by atoms with Crippen LogP contribution in [0, 0.1) is 5.92 Å². The van der Waals surface area contributed by atoms with Gasteiger partial charge in [0.25, 0.3) is 0 Å². The van der Waals surface area contributed by atoms with Crippen molar-refractivity contribution in [1.82, 2.24) is 10.2 Å². The molecule has 0 heterocycles. The number of carbonyl (C=O) groups excluding carboxylic acids is 2. The van der Waals surface area contributed by atoms with Crippen LogP contribution in [-0.4, -0.2) is 36.3 Å². The van der Waals surface area contributed by atoms with E-state index in [2.05, 4.69) is 10.2 Å². The van der Waals surface area contributed by atoms with Crippen LogP contribution in [0.1, 0.15) is 46.0 Å². The molecular formula is C13H24N2O2. The molecule has 0 bridgehead atoms. The average Bonchev–Trinajstić information content (AvgIpc) is 2.30. The van der Waals surface area contributed by atoms with Gasteiger partial charge in [-0.05, 0) is 39.7 Å². The molecular weight excluding hydrogens is 216 g/mol. The first-order valence-electron chi connectivity index (χ1n) is 6.44. The smallest absolute Gasteiger partial charge is 0.246 e. The molecule has 4 heteroatoms. The van der Waals surface area contributed by atoms with E-state index in [1.165, 1.54) is 32.1 Å². The Labute approximate surface area is 104 Å². The topological polar surface area (TPSA) is 49.4 Å². The fraction of sp³-hybridized carbons (Fsp3) is 0.846. The summed E-state index contributed by atoms with van der Waals surface area (Å²) in [6.07, 6.45) is 6.93. The molecule has 0 aromatic carbocycles. The number of rotatable bonds is 5. The van der Waals surface area contributed by atoms with Crippen molar-refractivity contribution in [3.05, 3.63) is 0 Å². The van der Waals surface area contributed by atoms with Gasteiger partial charge in [0, 0.05) is 6.54 Å². The first-order valence-corrected chi connectivity index (χ1v) is 6.44. The van der Waals surface area contributed by atoms with Crippen molar-refractivity contribution in [2.24, 2.45) is 5.92 Å². The standard InChI is InChI=1S/C13H24N2O2/c1-13(2,12(17)14-10-16)15(3)9-11-7-5-4-6-8-11/h10-11H,4-9H2,1-3H3,(H,14,16,17). The quantitative estimate of drug-likeness (QED) is 0.742. The van der Waals surface area contributed by atoms with E-state index in [9.17, 15) is 9.59 Å². The van der Waals surface area contributed by atoms with Crippen LogP contribution in [0.4, 0.5) is 0 Å². The van der Waals surface area contributed by atoms with Gasteiger partial charge in [-0.15, -0.1) is 0 Å². The molecule has 0 radical (unpaired) electrons. The van der Waals surface area contributed by atoms with Crippen LogP contribution < -0.4 is 5.32 Å². The van der Waals surface area contributed by atoms with Crippen LogP contribution >= 0.6 is 0 Å². The second-order valence-corrected chi connectivity index (χ2v) is 5.53. The molecule has 0 spiro atoms. The maximum atomic E-state index is 11.8. The third-order valence-corrected chi connectivity index (χ3v) is 3.96. The molecule has 1 aliphatic carbocycles. The second-order valence-electron chi connectivity index (χ2n) is 5.53. The SMILES string of the molecule is CN(CC1CCCCC1)C(C)(C)C(=O)NC=O. The van der Waals surface area contributed by atoms with E-state index < -0.39 is 5.54 Å². The summed E-state index contributed by atoms with van der Waals surface area (Å²) >= 11 is 0. The number of carbonyl (C=O) groups is 2. The Bertz CT molecular complexity index is 271. The predicted octanol–water partition coefficient (Wildman–Crippen LogP) is 1.55. The third-order valence-electron chi connectivity index (χ3n) is 3.96. The summed E-state index contributed by atoms with van der Waals surface area (Å²) < 4.78 is 0. The number of hydrogen-bond acceptors (Lipinski definition) is 3. The predicted molar refractivity (Wildman–Crippen MR) is 67.5 cm³/mol. The van der Waals surface area contributed by atoms with Crippen LogP contribution in [0.25, 0.3) is 0 Å². The van der Waals surface area contributed by atoms with E-state index in [0.29, 0.717) is 12.3 Å².